The highest BCUT2D eigenvalue weighted by molar-refractivity contribution is 7.19. The number of amides is 1. The van der Waals surface area contributed by atoms with Crippen LogP contribution in [0.15, 0.2) is 18.2 Å². The van der Waals surface area contributed by atoms with Crippen LogP contribution in [-0.2, 0) is 0 Å². The summed E-state index contributed by atoms with van der Waals surface area (Å²) >= 11 is 1.64. The molecule has 2 heterocycles. The van der Waals surface area contributed by atoms with Gasteiger partial charge < -0.3 is 19.8 Å². The van der Waals surface area contributed by atoms with Crippen LogP contribution in [0.4, 0.5) is 5.69 Å². The van der Waals surface area contributed by atoms with E-state index in [0.29, 0.717) is 22.7 Å². The van der Waals surface area contributed by atoms with Gasteiger partial charge in [-0.25, -0.2) is 0 Å². The number of nitrogens with one attached hydrogen (secondary N) is 2. The van der Waals surface area contributed by atoms with Crippen LogP contribution in [-0.4, -0.2) is 25.1 Å². The van der Waals surface area contributed by atoms with E-state index < -0.39 is 0 Å². The van der Waals surface area contributed by atoms with Crippen molar-refractivity contribution in [3.05, 3.63) is 39.9 Å². The zero-order chi connectivity index (χ0) is 17.4. The van der Waals surface area contributed by atoms with E-state index in [1.54, 1.807) is 43.8 Å². The summed E-state index contributed by atoms with van der Waals surface area (Å²) in [6, 6.07) is 5.32. The Bertz CT molecular complexity index is 924. The van der Waals surface area contributed by atoms with Crippen LogP contribution in [0.1, 0.15) is 26.5 Å². The van der Waals surface area contributed by atoms with Crippen LogP contribution < -0.4 is 14.8 Å². The van der Waals surface area contributed by atoms with E-state index in [1.807, 2.05) is 13.8 Å². The molecule has 1 amide bonds. The van der Waals surface area contributed by atoms with Gasteiger partial charge in [-0.15, -0.1) is 11.3 Å². The van der Waals surface area contributed by atoms with Gasteiger partial charge in [0, 0.05) is 22.3 Å². The molecule has 0 aliphatic rings. The monoisotopic (exact) mass is 344 g/mol. The van der Waals surface area contributed by atoms with E-state index in [1.165, 1.54) is 5.56 Å². The smallest absolute Gasteiger partial charge is 0.258 e. The molecule has 0 spiro atoms. The first-order valence-corrected chi connectivity index (χ1v) is 8.39. The van der Waals surface area contributed by atoms with Crippen LogP contribution >= 0.6 is 11.3 Å². The van der Waals surface area contributed by atoms with Crippen molar-refractivity contribution in [1.82, 2.24) is 4.98 Å². The van der Waals surface area contributed by atoms with Gasteiger partial charge in [0.25, 0.3) is 5.91 Å². The largest absolute Gasteiger partial charge is 0.493 e. The van der Waals surface area contributed by atoms with Crippen molar-refractivity contribution in [1.29, 1.82) is 0 Å². The molecule has 0 saturated carbocycles. The van der Waals surface area contributed by atoms with Crippen LogP contribution in [0.3, 0.4) is 0 Å². The molecule has 6 heteroatoms. The summed E-state index contributed by atoms with van der Waals surface area (Å²) < 4.78 is 11.6. The third kappa shape index (κ3) is 2.63. The fourth-order valence-corrected chi connectivity index (χ4v) is 3.92. The number of benzene rings is 1. The van der Waals surface area contributed by atoms with Crippen molar-refractivity contribution in [3.63, 3.8) is 0 Å². The first kappa shape index (κ1) is 16.4. The van der Waals surface area contributed by atoms with Gasteiger partial charge in [0.05, 0.1) is 30.0 Å². The lowest BCUT2D eigenvalue weighted by Crippen LogP contribution is -2.12. The third-order valence-electron chi connectivity index (χ3n) is 4.17. The van der Waals surface area contributed by atoms with E-state index in [0.717, 1.165) is 20.8 Å². The average Bonchev–Trinajstić information content (AvgIpc) is 3.02. The normalized spacial score (nSPS) is 10.9. The van der Waals surface area contributed by atoms with E-state index >= 15 is 0 Å². The van der Waals surface area contributed by atoms with Gasteiger partial charge in [0.15, 0.2) is 11.5 Å². The van der Waals surface area contributed by atoms with Crippen molar-refractivity contribution in [3.8, 4) is 11.5 Å². The highest BCUT2D eigenvalue weighted by Gasteiger charge is 2.20. The van der Waals surface area contributed by atoms with Crippen molar-refractivity contribution in [2.45, 2.75) is 20.8 Å². The Morgan fingerprint density at radius 3 is 2.50 bits per heavy atom. The second-order valence-electron chi connectivity index (χ2n) is 5.64. The summed E-state index contributed by atoms with van der Waals surface area (Å²) in [4.78, 5) is 17.1. The molecule has 3 aromatic rings. The standard InChI is InChI=1S/C18H20N2O3S/c1-9-10(2)19-16-15(11(3)24-17(9)16)18(21)20-12-6-7-13(22-4)14(8-12)23-5/h6-8,19H,1-5H3,(H,20,21). The molecular weight excluding hydrogens is 324 g/mol. The number of rotatable bonds is 4. The minimum Gasteiger partial charge on any atom is -0.493 e. The molecule has 3 rings (SSSR count). The number of aromatic amines is 1. The maximum absolute atomic E-state index is 12.8. The first-order valence-electron chi connectivity index (χ1n) is 7.58. The molecule has 5 nitrogen and oxygen atoms in total. The minimum atomic E-state index is -0.132. The highest BCUT2D eigenvalue weighted by atomic mass is 32.1. The molecule has 0 aliphatic heterocycles. The van der Waals surface area contributed by atoms with Crippen molar-refractivity contribution < 1.29 is 14.3 Å². The van der Waals surface area contributed by atoms with E-state index in [-0.39, 0.29) is 5.91 Å². The minimum absolute atomic E-state index is 0.132. The molecule has 1 aromatic carbocycles. The molecule has 2 aromatic heterocycles. The van der Waals surface area contributed by atoms with Crippen LogP contribution in [0.5, 0.6) is 11.5 Å². The maximum Gasteiger partial charge on any atom is 0.258 e. The predicted molar refractivity (Wildman–Crippen MR) is 97.9 cm³/mol. The second kappa shape index (κ2) is 6.20. The van der Waals surface area contributed by atoms with Crippen LogP contribution in [0.25, 0.3) is 10.2 Å². The molecule has 0 atom stereocenters. The van der Waals surface area contributed by atoms with Gasteiger partial charge in [-0.05, 0) is 38.5 Å². The Labute approximate surface area is 144 Å². The number of thiophene rings is 1. The molecule has 0 fully saturated rings. The molecule has 0 bridgehead atoms. The van der Waals surface area contributed by atoms with Gasteiger partial charge in [-0.2, -0.15) is 0 Å². The molecule has 0 saturated heterocycles. The first-order chi connectivity index (χ1) is 11.5. The number of ether oxygens (including phenoxy) is 2. The summed E-state index contributed by atoms with van der Waals surface area (Å²) in [6.07, 6.45) is 0. The quantitative estimate of drug-likeness (QED) is 0.736. The number of H-pyrrole nitrogens is 1. The Morgan fingerprint density at radius 1 is 1.12 bits per heavy atom. The fraction of sp³-hybridized carbons (Fsp3) is 0.278. The maximum atomic E-state index is 12.8. The van der Waals surface area contributed by atoms with E-state index in [9.17, 15) is 4.79 Å². The SMILES string of the molecule is COc1ccc(NC(=O)c2c(C)sc3c(C)c(C)[nH]c23)cc1OC. The predicted octanol–water partition coefficient (Wildman–Crippen LogP) is 4.42. The number of aromatic nitrogens is 1. The van der Waals surface area contributed by atoms with Crippen LogP contribution in [0, 0.1) is 20.8 Å². The van der Waals surface area contributed by atoms with Crippen LogP contribution in [0.2, 0.25) is 0 Å². The zero-order valence-corrected chi connectivity index (χ0v) is 15.2. The average molecular weight is 344 g/mol. The lowest BCUT2D eigenvalue weighted by atomic mass is 10.2. The molecular formula is C18H20N2O3S. The number of carbonyl (C=O) groups excluding carboxylic acids is 1. The molecule has 0 radical (unpaired) electrons. The Morgan fingerprint density at radius 2 is 1.83 bits per heavy atom. The number of hydrogen-bond acceptors (Lipinski definition) is 4. The van der Waals surface area contributed by atoms with E-state index in [2.05, 4.69) is 17.2 Å². The molecule has 24 heavy (non-hydrogen) atoms. The van der Waals surface area contributed by atoms with Crippen molar-refractivity contribution in [2.24, 2.45) is 0 Å². The zero-order valence-electron chi connectivity index (χ0n) is 14.4. The lowest BCUT2D eigenvalue weighted by molar-refractivity contribution is 0.102. The van der Waals surface area contributed by atoms with Gasteiger partial charge in [0.1, 0.15) is 0 Å². The number of methoxy groups -OCH3 is 2. The third-order valence-corrected chi connectivity index (χ3v) is 5.39. The molecule has 0 unspecified atom stereocenters. The molecule has 0 aliphatic carbocycles. The number of anilines is 1. The topological polar surface area (TPSA) is 63.3 Å². The Hall–Kier alpha value is -2.47. The summed E-state index contributed by atoms with van der Waals surface area (Å²) in [6.45, 7) is 6.06. The number of aryl methyl sites for hydroxylation is 3. The van der Waals surface area contributed by atoms with Gasteiger partial charge in [-0.3, -0.25) is 4.79 Å². The van der Waals surface area contributed by atoms with Crippen molar-refractivity contribution >= 4 is 33.1 Å². The number of carbonyl (C=O) groups is 1. The molecule has 2 N–H and O–H groups in total. The number of hydrogen-bond donors (Lipinski definition) is 2. The second-order valence-corrected chi connectivity index (χ2v) is 6.86. The van der Waals surface area contributed by atoms with E-state index in [4.69, 9.17) is 9.47 Å². The summed E-state index contributed by atoms with van der Waals surface area (Å²) in [5, 5.41) is 2.94. The lowest BCUT2D eigenvalue weighted by Gasteiger charge is -2.10. The van der Waals surface area contributed by atoms with Gasteiger partial charge >= 0.3 is 0 Å². The molecule has 126 valence electrons. The van der Waals surface area contributed by atoms with Gasteiger partial charge in [0.2, 0.25) is 0 Å². The van der Waals surface area contributed by atoms with Gasteiger partial charge in [-0.1, -0.05) is 0 Å². The Balaban J connectivity index is 1.96. The fourth-order valence-electron chi connectivity index (χ4n) is 2.76. The van der Waals surface area contributed by atoms with Crippen molar-refractivity contribution in [2.75, 3.05) is 19.5 Å². The number of fused-ring (bicyclic) bond motifs is 1. The summed E-state index contributed by atoms with van der Waals surface area (Å²) in [7, 11) is 3.15. The summed E-state index contributed by atoms with van der Waals surface area (Å²) in [5.41, 5.74) is 4.56. The Kier molecular flexibility index (Phi) is 4.24. The summed E-state index contributed by atoms with van der Waals surface area (Å²) in [5.74, 6) is 1.07. The highest BCUT2D eigenvalue weighted by Crippen LogP contribution is 2.35.